The number of ketones is 1. The fourth-order valence-electron chi connectivity index (χ4n) is 10.9. The molecule has 0 radical (unpaired) electrons. The summed E-state index contributed by atoms with van der Waals surface area (Å²) in [6, 6.07) is 23.9. The first-order valence-corrected chi connectivity index (χ1v) is 21.6. The van der Waals surface area contributed by atoms with E-state index in [1.54, 1.807) is 87.5 Å². The molecule has 2 saturated heterocycles. The molecule has 3 aromatic rings. The normalized spacial score (nSPS) is 31.5. The van der Waals surface area contributed by atoms with Crippen molar-refractivity contribution in [2.24, 2.45) is 16.7 Å². The molecular formula is C50H50O16. The number of hydrogen-bond donors (Lipinski definition) is 0. The average molecular weight is 907 g/mol. The van der Waals surface area contributed by atoms with E-state index >= 15 is 4.79 Å². The van der Waals surface area contributed by atoms with Crippen molar-refractivity contribution in [1.82, 2.24) is 0 Å². The van der Waals surface area contributed by atoms with Crippen molar-refractivity contribution >= 4 is 47.9 Å². The highest BCUT2D eigenvalue weighted by Gasteiger charge is 2.83. The molecule has 10 atom stereocenters. The fourth-order valence-corrected chi connectivity index (χ4v) is 10.9. The highest BCUT2D eigenvalue weighted by molar-refractivity contribution is 5.96. The van der Waals surface area contributed by atoms with Gasteiger partial charge in [-0.05, 0) is 66.5 Å². The van der Waals surface area contributed by atoms with Gasteiger partial charge in [0.1, 0.15) is 24.1 Å². The zero-order valence-electron chi connectivity index (χ0n) is 37.4. The Labute approximate surface area is 380 Å². The van der Waals surface area contributed by atoms with Crippen LogP contribution in [-0.4, -0.2) is 96.2 Å². The average Bonchev–Trinajstić information content (AvgIpc) is 3.63. The number of carbonyl (C=O) groups excluding carboxylic acids is 7. The van der Waals surface area contributed by atoms with Crippen LogP contribution in [0, 0.1) is 16.7 Å². The largest absolute Gasteiger partial charge is 0.509 e. The zero-order valence-corrected chi connectivity index (χ0v) is 37.4. The quantitative estimate of drug-likeness (QED) is 0.0689. The topological polar surface area (TPSA) is 203 Å². The van der Waals surface area contributed by atoms with Crippen LogP contribution in [0.15, 0.2) is 102 Å². The highest BCUT2D eigenvalue weighted by Crippen LogP contribution is 2.67. The number of para-hydroxylation sites is 1. The van der Waals surface area contributed by atoms with Crippen LogP contribution >= 0.6 is 0 Å². The van der Waals surface area contributed by atoms with E-state index in [-0.39, 0.29) is 36.3 Å². The van der Waals surface area contributed by atoms with Crippen LogP contribution in [0.4, 0.5) is 4.79 Å². The third-order valence-corrected chi connectivity index (χ3v) is 13.7. The minimum absolute atomic E-state index is 0.143. The van der Waals surface area contributed by atoms with Gasteiger partial charge in [-0.1, -0.05) is 74.5 Å². The first kappa shape index (κ1) is 45.9. The molecule has 0 aromatic heterocycles. The SMILES string of the molecule is CC(=O)O[C@H]1C(=O)[C@]2(C)[C@@H](OC(=O)/C=C/c3ccc(C(=O)Oc4ccccc4)cc3)C[C@H]3OC[C@@]3(OC(C)=O)[C@H]2[C@H](OCc2ccccc2)[C@]23OC(=O)O[C@H]2[C@H](OC(C)=O)C(C)=C1C3(C)C. The second-order valence-electron chi connectivity index (χ2n) is 17.9. The monoisotopic (exact) mass is 906 g/mol. The summed E-state index contributed by atoms with van der Waals surface area (Å²) < 4.78 is 55.5. The van der Waals surface area contributed by atoms with E-state index in [2.05, 4.69) is 0 Å². The van der Waals surface area contributed by atoms with E-state index in [4.69, 9.17) is 42.6 Å². The summed E-state index contributed by atoms with van der Waals surface area (Å²) in [6.45, 7) is 9.60. The molecule has 16 nitrogen and oxygen atoms in total. The van der Waals surface area contributed by atoms with Crippen molar-refractivity contribution in [2.45, 2.75) is 109 Å². The van der Waals surface area contributed by atoms with E-state index in [0.717, 1.165) is 13.0 Å². The van der Waals surface area contributed by atoms with Gasteiger partial charge in [0.15, 0.2) is 35.3 Å². The number of esters is 5. The van der Waals surface area contributed by atoms with Gasteiger partial charge in [-0.25, -0.2) is 14.4 Å². The molecule has 8 rings (SSSR count). The summed E-state index contributed by atoms with van der Waals surface area (Å²) >= 11 is 0. The van der Waals surface area contributed by atoms with Crippen LogP contribution in [0.2, 0.25) is 0 Å². The standard InChI is InChI=1S/C50H50O16/c1-27-38-40(61-29(3)52)42(55)48(7)35(63-37(54)23-20-31-18-21-33(22-19-31)45(56)62-34-16-12-9-13-17-34)24-36-49(26-59-36,65-30(4)53)41(48)44(58-25-32-14-10-8-11-15-32)50(47(38,5)6)43(64-46(57)66-50)39(27)60-28(2)51/h8-23,35-36,39-41,43-44H,24-26H2,1-7H3/b23-20+/t35-,36+,39+,40+,41-,43-,44-,48+,49-,50+/m0/s1. The molecule has 1 spiro atoms. The molecule has 2 aliphatic heterocycles. The van der Waals surface area contributed by atoms with Crippen LogP contribution in [0.25, 0.3) is 6.08 Å². The lowest BCUT2D eigenvalue weighted by molar-refractivity contribution is -0.351. The van der Waals surface area contributed by atoms with Crippen molar-refractivity contribution < 1.29 is 76.2 Å². The number of benzene rings is 3. The van der Waals surface area contributed by atoms with Gasteiger partial charge in [-0.2, -0.15) is 0 Å². The Morgan fingerprint density at radius 1 is 0.803 bits per heavy atom. The molecule has 0 unspecified atom stereocenters. The minimum Gasteiger partial charge on any atom is -0.458 e. The molecule has 346 valence electrons. The van der Waals surface area contributed by atoms with Crippen LogP contribution in [0.3, 0.4) is 0 Å². The van der Waals surface area contributed by atoms with E-state index in [0.29, 0.717) is 16.9 Å². The molecule has 16 heteroatoms. The molecule has 66 heavy (non-hydrogen) atoms. The summed E-state index contributed by atoms with van der Waals surface area (Å²) in [6.07, 6.45) is -7.16. The fraction of sp³-hybridized carbons (Fsp3) is 0.420. The maximum absolute atomic E-state index is 16.1. The Bertz CT molecular complexity index is 2510. The van der Waals surface area contributed by atoms with E-state index in [9.17, 15) is 28.8 Å². The van der Waals surface area contributed by atoms with Crippen molar-refractivity contribution in [3.05, 3.63) is 119 Å². The van der Waals surface area contributed by atoms with Crippen LogP contribution in [-0.2, 0) is 68.5 Å². The van der Waals surface area contributed by atoms with Gasteiger partial charge in [0.05, 0.1) is 30.1 Å². The number of fused-ring (bicyclic) bond motifs is 4. The Kier molecular flexibility index (Phi) is 12.0. The second kappa shape index (κ2) is 17.3. The lowest BCUT2D eigenvalue weighted by Gasteiger charge is -2.67. The van der Waals surface area contributed by atoms with Crippen LogP contribution < -0.4 is 4.74 Å². The van der Waals surface area contributed by atoms with Gasteiger partial charge in [0, 0.05) is 38.7 Å². The molecular weight excluding hydrogens is 857 g/mol. The predicted octanol–water partition coefficient (Wildman–Crippen LogP) is 6.22. The van der Waals surface area contributed by atoms with Crippen molar-refractivity contribution in [1.29, 1.82) is 0 Å². The molecule has 0 N–H and O–H groups in total. The lowest BCUT2D eigenvalue weighted by atomic mass is 9.44. The van der Waals surface area contributed by atoms with Gasteiger partial charge in [-0.15, -0.1) is 0 Å². The van der Waals surface area contributed by atoms with E-state index in [1.807, 2.05) is 6.07 Å². The molecule has 0 amide bonds. The first-order valence-electron chi connectivity index (χ1n) is 21.6. The van der Waals surface area contributed by atoms with Gasteiger partial charge in [-0.3, -0.25) is 19.2 Å². The van der Waals surface area contributed by atoms with Crippen molar-refractivity contribution in [3.8, 4) is 5.75 Å². The number of ether oxygens (including phenoxy) is 9. The molecule has 2 saturated carbocycles. The Morgan fingerprint density at radius 3 is 2.06 bits per heavy atom. The summed E-state index contributed by atoms with van der Waals surface area (Å²) in [5.74, 6) is -5.59. The third-order valence-electron chi connectivity index (χ3n) is 13.7. The Balaban J connectivity index is 1.27. The van der Waals surface area contributed by atoms with E-state index in [1.165, 1.54) is 39.0 Å². The zero-order chi connectivity index (χ0) is 47.3. The first-order chi connectivity index (χ1) is 31.3. The number of hydrogen-bond acceptors (Lipinski definition) is 16. The predicted molar refractivity (Wildman–Crippen MR) is 229 cm³/mol. The maximum Gasteiger partial charge on any atom is 0.509 e. The van der Waals surface area contributed by atoms with Gasteiger partial charge in [0.25, 0.3) is 0 Å². The summed E-state index contributed by atoms with van der Waals surface area (Å²) in [7, 11) is 0. The summed E-state index contributed by atoms with van der Waals surface area (Å²) in [5, 5.41) is 0. The molecule has 2 heterocycles. The molecule has 5 aliphatic rings. The maximum atomic E-state index is 16.1. The molecule has 3 aliphatic carbocycles. The Hall–Kier alpha value is -6.65. The molecule has 4 fully saturated rings. The Morgan fingerprint density at radius 2 is 1.45 bits per heavy atom. The smallest absolute Gasteiger partial charge is 0.458 e. The second-order valence-corrected chi connectivity index (χ2v) is 17.9. The van der Waals surface area contributed by atoms with Crippen molar-refractivity contribution in [2.75, 3.05) is 6.61 Å². The minimum atomic E-state index is -2.03. The van der Waals surface area contributed by atoms with Crippen LogP contribution in [0.5, 0.6) is 5.75 Å². The summed E-state index contributed by atoms with van der Waals surface area (Å²) in [4.78, 5) is 96.1. The number of Topliss-reactive ketones (excluding diaryl/α,β-unsaturated/α-hetero) is 1. The highest BCUT2D eigenvalue weighted by atomic mass is 16.8. The van der Waals surface area contributed by atoms with E-state index < -0.39 is 106 Å². The molecule has 2 bridgehead atoms. The van der Waals surface area contributed by atoms with Crippen LogP contribution in [0.1, 0.15) is 76.4 Å². The number of carbonyl (C=O) groups is 7. The van der Waals surface area contributed by atoms with Crippen molar-refractivity contribution in [3.63, 3.8) is 0 Å². The van der Waals surface area contributed by atoms with Gasteiger partial charge >= 0.3 is 36.0 Å². The lowest BCUT2D eigenvalue weighted by Crippen LogP contribution is -2.83. The number of rotatable bonds is 11. The van der Waals surface area contributed by atoms with Gasteiger partial charge < -0.3 is 42.6 Å². The summed E-state index contributed by atoms with van der Waals surface area (Å²) in [5.41, 5.74) is -5.39. The molecule has 3 aromatic carbocycles. The third kappa shape index (κ3) is 7.64. The van der Waals surface area contributed by atoms with Gasteiger partial charge in [0.2, 0.25) is 0 Å².